The van der Waals surface area contributed by atoms with Crippen molar-refractivity contribution in [1.29, 1.82) is 0 Å². The molecule has 0 amide bonds. The maximum absolute atomic E-state index is 12.5. The molecule has 0 bridgehead atoms. The largest absolute Gasteiger partial charge is 0.367 e. The molecule has 3 heterocycles. The summed E-state index contributed by atoms with van der Waals surface area (Å²) in [4.78, 5) is 25.3. The van der Waals surface area contributed by atoms with Crippen molar-refractivity contribution in [2.75, 3.05) is 5.32 Å². The number of nitrogens with zero attached hydrogens (tertiary/aromatic N) is 5. The number of pyridine rings is 1. The number of hydrogen-bond acceptors (Lipinski definition) is 6. The molecular weight excluding hydrogens is 376 g/mol. The van der Waals surface area contributed by atoms with Crippen molar-refractivity contribution in [3.05, 3.63) is 77.6 Å². The lowest BCUT2D eigenvalue weighted by atomic mass is 9.91. The van der Waals surface area contributed by atoms with Crippen LogP contribution >= 0.6 is 0 Å². The molecule has 4 aromatic rings. The first-order valence-corrected chi connectivity index (χ1v) is 10.2. The van der Waals surface area contributed by atoms with Gasteiger partial charge in [-0.1, -0.05) is 12.1 Å². The molecule has 0 radical (unpaired) electrons. The Bertz CT molecular complexity index is 1210. The van der Waals surface area contributed by atoms with Crippen LogP contribution in [0.2, 0.25) is 0 Å². The lowest BCUT2D eigenvalue weighted by molar-refractivity contribution is 0.304. The predicted octanol–water partition coefficient (Wildman–Crippen LogP) is 3.84. The summed E-state index contributed by atoms with van der Waals surface area (Å²) in [6, 6.07) is 15.6. The van der Waals surface area contributed by atoms with Crippen LogP contribution in [0.1, 0.15) is 31.7 Å². The van der Waals surface area contributed by atoms with Gasteiger partial charge >= 0.3 is 0 Å². The zero-order valence-corrected chi connectivity index (χ0v) is 16.5. The predicted molar refractivity (Wildman–Crippen MR) is 116 cm³/mol. The van der Waals surface area contributed by atoms with Crippen molar-refractivity contribution >= 4 is 16.7 Å². The number of anilines is 1. The summed E-state index contributed by atoms with van der Waals surface area (Å²) in [5.41, 5.74) is 2.65. The van der Waals surface area contributed by atoms with Crippen LogP contribution in [0.15, 0.2) is 72.0 Å². The van der Waals surface area contributed by atoms with Crippen molar-refractivity contribution in [3.8, 4) is 11.3 Å². The second kappa shape index (κ2) is 8.02. The third kappa shape index (κ3) is 3.66. The number of aromatic nitrogens is 5. The van der Waals surface area contributed by atoms with Gasteiger partial charge in [0.1, 0.15) is 12.1 Å². The highest BCUT2D eigenvalue weighted by molar-refractivity contribution is 5.88. The van der Waals surface area contributed by atoms with Crippen LogP contribution in [0.25, 0.3) is 22.2 Å². The van der Waals surface area contributed by atoms with E-state index >= 15 is 0 Å². The number of nitrogens with one attached hydrogen (secondary N) is 1. The molecule has 7 nitrogen and oxygen atoms in total. The van der Waals surface area contributed by atoms with E-state index in [1.165, 1.54) is 0 Å². The summed E-state index contributed by atoms with van der Waals surface area (Å²) < 4.78 is 1.66. The first-order chi connectivity index (χ1) is 14.8. The van der Waals surface area contributed by atoms with Crippen LogP contribution in [-0.4, -0.2) is 30.8 Å². The smallest absolute Gasteiger partial charge is 0.267 e. The van der Waals surface area contributed by atoms with Gasteiger partial charge < -0.3 is 5.32 Å². The van der Waals surface area contributed by atoms with Gasteiger partial charge in [-0.3, -0.25) is 9.78 Å². The van der Waals surface area contributed by atoms with E-state index < -0.39 is 0 Å². The molecule has 1 fully saturated rings. The molecule has 30 heavy (non-hydrogen) atoms. The Balaban J connectivity index is 1.31. The summed E-state index contributed by atoms with van der Waals surface area (Å²) in [6.07, 6.45) is 8.78. The van der Waals surface area contributed by atoms with Gasteiger partial charge in [-0.15, -0.1) is 0 Å². The molecule has 1 aliphatic rings. The molecule has 0 unspecified atom stereocenters. The monoisotopic (exact) mass is 398 g/mol. The third-order valence-corrected chi connectivity index (χ3v) is 5.73. The van der Waals surface area contributed by atoms with Crippen LogP contribution < -0.4 is 10.9 Å². The zero-order valence-electron chi connectivity index (χ0n) is 16.5. The van der Waals surface area contributed by atoms with Crippen LogP contribution in [0, 0.1) is 0 Å². The van der Waals surface area contributed by atoms with Gasteiger partial charge in [-0.25, -0.2) is 14.6 Å². The fourth-order valence-corrected chi connectivity index (χ4v) is 4.14. The highest BCUT2D eigenvalue weighted by Crippen LogP contribution is 2.30. The number of benzene rings is 1. The quantitative estimate of drug-likeness (QED) is 0.562. The van der Waals surface area contributed by atoms with E-state index in [4.69, 9.17) is 0 Å². The minimum Gasteiger partial charge on any atom is -0.367 e. The average Bonchev–Trinajstić information content (AvgIpc) is 2.81. The molecule has 1 N–H and O–H groups in total. The van der Waals surface area contributed by atoms with Crippen molar-refractivity contribution in [2.24, 2.45) is 0 Å². The Labute approximate surface area is 173 Å². The molecule has 1 saturated carbocycles. The fraction of sp³-hybridized carbons (Fsp3) is 0.261. The van der Waals surface area contributed by atoms with E-state index in [9.17, 15) is 4.79 Å². The molecule has 1 aliphatic carbocycles. The minimum absolute atomic E-state index is 0.0500. The van der Waals surface area contributed by atoms with E-state index in [0.717, 1.165) is 53.7 Å². The fourth-order valence-electron chi connectivity index (χ4n) is 4.14. The molecule has 0 atom stereocenters. The van der Waals surface area contributed by atoms with Crippen molar-refractivity contribution < 1.29 is 0 Å². The Morgan fingerprint density at radius 2 is 1.70 bits per heavy atom. The van der Waals surface area contributed by atoms with Crippen LogP contribution in [0.3, 0.4) is 0 Å². The Morgan fingerprint density at radius 3 is 2.53 bits per heavy atom. The number of hydrogen-bond donors (Lipinski definition) is 1. The SMILES string of the molecule is O=c1ccc(-c2ccncc2)nn1C1CCC(Nc2ncnc3ccccc23)CC1. The minimum atomic E-state index is -0.0500. The standard InChI is InChI=1S/C23H22N6O/c30-22-10-9-20(16-11-13-24-14-12-16)28-29(22)18-7-5-17(6-8-18)27-23-19-3-1-2-4-21(19)25-15-26-23/h1-4,9-15,17-18H,5-8H2,(H,25,26,27). The Morgan fingerprint density at radius 1 is 0.900 bits per heavy atom. The van der Waals surface area contributed by atoms with E-state index in [1.54, 1.807) is 35.5 Å². The third-order valence-electron chi connectivity index (χ3n) is 5.73. The van der Waals surface area contributed by atoms with E-state index in [0.29, 0.717) is 6.04 Å². The molecule has 3 aromatic heterocycles. The van der Waals surface area contributed by atoms with Crippen LogP contribution in [0.4, 0.5) is 5.82 Å². The molecule has 7 heteroatoms. The summed E-state index contributed by atoms with van der Waals surface area (Å²) >= 11 is 0. The molecular formula is C23H22N6O. The van der Waals surface area contributed by atoms with Crippen molar-refractivity contribution in [3.63, 3.8) is 0 Å². The second-order valence-corrected chi connectivity index (χ2v) is 7.63. The van der Waals surface area contributed by atoms with Gasteiger partial charge in [0.15, 0.2) is 0 Å². The summed E-state index contributed by atoms with van der Waals surface area (Å²) in [5, 5.41) is 9.27. The lowest BCUT2D eigenvalue weighted by Crippen LogP contribution is -2.33. The molecule has 5 rings (SSSR count). The molecule has 0 saturated heterocycles. The molecule has 0 aliphatic heterocycles. The molecule has 1 aromatic carbocycles. The Kier molecular flexibility index (Phi) is 4.93. The zero-order chi connectivity index (χ0) is 20.3. The van der Waals surface area contributed by atoms with Gasteiger partial charge in [0.05, 0.1) is 17.3 Å². The Hall–Kier alpha value is -3.61. The number of fused-ring (bicyclic) bond motifs is 1. The van der Waals surface area contributed by atoms with Crippen LogP contribution in [0.5, 0.6) is 0 Å². The summed E-state index contributed by atoms with van der Waals surface area (Å²) in [7, 11) is 0. The lowest BCUT2D eigenvalue weighted by Gasteiger charge is -2.30. The molecule has 150 valence electrons. The van der Waals surface area contributed by atoms with E-state index in [-0.39, 0.29) is 11.6 Å². The topological polar surface area (TPSA) is 85.6 Å². The van der Waals surface area contributed by atoms with Gasteiger partial charge in [0.2, 0.25) is 0 Å². The second-order valence-electron chi connectivity index (χ2n) is 7.63. The maximum atomic E-state index is 12.5. The van der Waals surface area contributed by atoms with Crippen molar-refractivity contribution in [2.45, 2.75) is 37.8 Å². The van der Waals surface area contributed by atoms with Gasteiger partial charge in [-0.2, -0.15) is 5.10 Å². The number of rotatable bonds is 4. The molecule has 0 spiro atoms. The van der Waals surface area contributed by atoms with Gasteiger partial charge in [-0.05, 0) is 56.0 Å². The van der Waals surface area contributed by atoms with Crippen molar-refractivity contribution in [1.82, 2.24) is 24.7 Å². The van der Waals surface area contributed by atoms with Gasteiger partial charge in [0.25, 0.3) is 5.56 Å². The van der Waals surface area contributed by atoms with E-state index in [1.807, 2.05) is 36.4 Å². The first kappa shape index (κ1) is 18.4. The summed E-state index contributed by atoms with van der Waals surface area (Å²) in [5.74, 6) is 0.874. The first-order valence-electron chi connectivity index (χ1n) is 10.2. The van der Waals surface area contributed by atoms with Crippen LogP contribution in [-0.2, 0) is 0 Å². The van der Waals surface area contributed by atoms with Gasteiger partial charge in [0, 0.05) is 35.5 Å². The normalized spacial score (nSPS) is 18.9. The van der Waals surface area contributed by atoms with E-state index in [2.05, 4.69) is 25.4 Å². The highest BCUT2D eigenvalue weighted by atomic mass is 16.1. The average molecular weight is 398 g/mol. The maximum Gasteiger partial charge on any atom is 0.267 e. The summed E-state index contributed by atoms with van der Waals surface area (Å²) in [6.45, 7) is 0. The number of para-hydroxylation sites is 1. The highest BCUT2D eigenvalue weighted by Gasteiger charge is 2.24.